The van der Waals surface area contributed by atoms with Crippen molar-refractivity contribution in [1.29, 1.82) is 0 Å². The molecule has 7 nitrogen and oxygen atoms in total. The molecule has 1 heterocycles. The molecule has 27 heavy (non-hydrogen) atoms. The molecule has 144 valence electrons. The number of benzene rings is 1. The minimum absolute atomic E-state index is 0.196. The highest BCUT2D eigenvalue weighted by Crippen LogP contribution is 2.45. The van der Waals surface area contributed by atoms with Crippen molar-refractivity contribution in [2.24, 2.45) is 5.41 Å². The molecule has 3 rings (SSSR count). The van der Waals surface area contributed by atoms with Gasteiger partial charge in [-0.25, -0.2) is 0 Å². The summed E-state index contributed by atoms with van der Waals surface area (Å²) < 4.78 is 0.732. The number of nitrogens with zero attached hydrogens (tertiary/aromatic N) is 1. The minimum atomic E-state index is -0.605. The Kier molecular flexibility index (Phi) is 5.94. The molecule has 2 N–H and O–H groups in total. The first-order chi connectivity index (χ1) is 12.9. The van der Waals surface area contributed by atoms with E-state index < -0.39 is 17.2 Å². The molecule has 1 aliphatic carbocycles. The molecule has 0 bridgehead atoms. The van der Waals surface area contributed by atoms with Crippen LogP contribution in [0.4, 0.5) is 5.69 Å². The lowest BCUT2D eigenvalue weighted by Crippen LogP contribution is -2.44. The zero-order valence-corrected chi connectivity index (χ0v) is 16.5. The highest BCUT2D eigenvalue weighted by atomic mass is 79.9. The van der Waals surface area contributed by atoms with Crippen LogP contribution >= 0.6 is 15.9 Å². The summed E-state index contributed by atoms with van der Waals surface area (Å²) in [4.78, 5) is 50.1. The molecule has 0 atom stereocenters. The van der Waals surface area contributed by atoms with Gasteiger partial charge in [0.25, 0.3) is 0 Å². The van der Waals surface area contributed by atoms with E-state index in [0.29, 0.717) is 18.5 Å². The number of carbonyl (C=O) groups is 4. The lowest BCUT2D eigenvalue weighted by atomic mass is 9.73. The molecule has 0 radical (unpaired) electrons. The van der Waals surface area contributed by atoms with Crippen LogP contribution in [0.25, 0.3) is 0 Å². The van der Waals surface area contributed by atoms with E-state index in [9.17, 15) is 19.2 Å². The molecule has 2 fully saturated rings. The number of carbonyl (C=O) groups excluding carboxylic acids is 4. The minimum Gasteiger partial charge on any atom is -0.345 e. The monoisotopic (exact) mass is 435 g/mol. The lowest BCUT2D eigenvalue weighted by Gasteiger charge is -2.30. The van der Waals surface area contributed by atoms with Crippen LogP contribution in [-0.4, -0.2) is 41.6 Å². The van der Waals surface area contributed by atoms with Crippen LogP contribution in [0.15, 0.2) is 28.7 Å². The summed E-state index contributed by atoms with van der Waals surface area (Å²) in [6.45, 7) is -0.566. The van der Waals surface area contributed by atoms with Gasteiger partial charge in [-0.05, 0) is 40.9 Å². The number of para-hydroxylation sites is 1. The first-order valence-corrected chi connectivity index (χ1v) is 9.86. The Hall–Kier alpha value is -2.22. The Bertz CT molecular complexity index is 774. The fourth-order valence-electron chi connectivity index (χ4n) is 3.77. The van der Waals surface area contributed by atoms with Crippen LogP contribution in [0.2, 0.25) is 0 Å². The molecule has 1 aromatic rings. The smallest absolute Gasteiger partial charge is 0.243 e. The number of hydrogen-bond acceptors (Lipinski definition) is 4. The van der Waals surface area contributed by atoms with Crippen molar-refractivity contribution in [3.8, 4) is 0 Å². The van der Waals surface area contributed by atoms with Gasteiger partial charge in [-0.15, -0.1) is 0 Å². The second-order valence-electron chi connectivity index (χ2n) is 7.11. The van der Waals surface area contributed by atoms with Crippen LogP contribution < -0.4 is 10.6 Å². The molecule has 0 aromatic heterocycles. The fourth-order valence-corrected chi connectivity index (χ4v) is 4.16. The number of likely N-dealkylation sites (tertiary alicyclic amines) is 1. The quantitative estimate of drug-likeness (QED) is 0.692. The SMILES string of the molecule is O=C(CN1C(=O)CC2(CCCCC2)C1=O)NCC(=O)Nc1ccccc1Br. The summed E-state index contributed by atoms with van der Waals surface area (Å²) in [7, 11) is 0. The third-order valence-electron chi connectivity index (χ3n) is 5.20. The van der Waals surface area contributed by atoms with Crippen LogP contribution in [0.5, 0.6) is 0 Å². The number of amides is 4. The lowest BCUT2D eigenvalue weighted by molar-refractivity contribution is -0.145. The van der Waals surface area contributed by atoms with Crippen molar-refractivity contribution in [1.82, 2.24) is 10.2 Å². The zero-order chi connectivity index (χ0) is 19.4. The van der Waals surface area contributed by atoms with Gasteiger partial charge in [-0.1, -0.05) is 31.4 Å². The largest absolute Gasteiger partial charge is 0.345 e. The molecule has 1 saturated heterocycles. The van der Waals surface area contributed by atoms with Crippen molar-refractivity contribution in [2.75, 3.05) is 18.4 Å². The summed E-state index contributed by atoms with van der Waals surface area (Å²) in [6.07, 6.45) is 4.58. The molecule has 1 aliphatic heterocycles. The van der Waals surface area contributed by atoms with Gasteiger partial charge < -0.3 is 10.6 Å². The van der Waals surface area contributed by atoms with E-state index in [1.807, 2.05) is 6.07 Å². The van der Waals surface area contributed by atoms with Gasteiger partial charge in [-0.3, -0.25) is 24.1 Å². The predicted molar refractivity (Wildman–Crippen MR) is 103 cm³/mol. The molecular formula is C19H22BrN3O4. The van der Waals surface area contributed by atoms with Crippen molar-refractivity contribution in [2.45, 2.75) is 38.5 Å². The van der Waals surface area contributed by atoms with Crippen molar-refractivity contribution in [3.63, 3.8) is 0 Å². The van der Waals surface area contributed by atoms with Crippen LogP contribution in [0.3, 0.4) is 0 Å². The molecular weight excluding hydrogens is 414 g/mol. The van der Waals surface area contributed by atoms with Gasteiger partial charge in [0, 0.05) is 10.9 Å². The van der Waals surface area contributed by atoms with E-state index in [-0.39, 0.29) is 31.3 Å². The summed E-state index contributed by atoms with van der Waals surface area (Å²) in [5.74, 6) is -1.44. The second-order valence-corrected chi connectivity index (χ2v) is 7.96. The van der Waals surface area contributed by atoms with Gasteiger partial charge in [0.05, 0.1) is 17.6 Å². The van der Waals surface area contributed by atoms with E-state index in [4.69, 9.17) is 0 Å². The van der Waals surface area contributed by atoms with Gasteiger partial charge >= 0.3 is 0 Å². The standard InChI is InChI=1S/C19H22BrN3O4/c20-13-6-2-3-7-14(13)22-15(24)11-21-16(25)12-23-17(26)10-19(18(23)27)8-4-1-5-9-19/h2-3,6-7H,1,4-5,8-12H2,(H,21,25)(H,22,24). The van der Waals surface area contributed by atoms with E-state index in [1.165, 1.54) is 0 Å². The number of hydrogen-bond donors (Lipinski definition) is 2. The van der Waals surface area contributed by atoms with Gasteiger partial charge in [-0.2, -0.15) is 0 Å². The highest BCUT2D eigenvalue weighted by Gasteiger charge is 2.51. The predicted octanol–water partition coefficient (Wildman–Crippen LogP) is 2.21. The molecule has 0 unspecified atom stereocenters. The summed E-state index contributed by atoms with van der Waals surface area (Å²) >= 11 is 3.33. The molecule has 4 amide bonds. The number of halogens is 1. The first kappa shape index (κ1) is 19.5. The summed E-state index contributed by atoms with van der Waals surface area (Å²) in [6, 6.07) is 7.13. The van der Waals surface area contributed by atoms with Gasteiger partial charge in [0.2, 0.25) is 23.6 Å². The second kappa shape index (κ2) is 8.21. The van der Waals surface area contributed by atoms with Crippen LogP contribution in [0, 0.1) is 5.41 Å². The average Bonchev–Trinajstić information content (AvgIpc) is 2.86. The van der Waals surface area contributed by atoms with E-state index in [1.54, 1.807) is 18.2 Å². The maximum absolute atomic E-state index is 12.7. The number of nitrogens with one attached hydrogen (secondary N) is 2. The summed E-state index contributed by atoms with van der Waals surface area (Å²) in [5.41, 5.74) is -0.00654. The Balaban J connectivity index is 1.50. The Morgan fingerprint density at radius 2 is 1.78 bits per heavy atom. The maximum atomic E-state index is 12.7. The molecule has 2 aliphatic rings. The van der Waals surface area contributed by atoms with Crippen molar-refractivity contribution >= 4 is 45.2 Å². The summed E-state index contributed by atoms with van der Waals surface area (Å²) in [5, 5.41) is 5.14. The Morgan fingerprint density at radius 3 is 2.48 bits per heavy atom. The maximum Gasteiger partial charge on any atom is 0.243 e. The molecule has 1 aromatic carbocycles. The van der Waals surface area contributed by atoms with Crippen LogP contribution in [0.1, 0.15) is 38.5 Å². The third-order valence-corrected chi connectivity index (χ3v) is 5.89. The Morgan fingerprint density at radius 1 is 1.07 bits per heavy atom. The molecule has 1 saturated carbocycles. The van der Waals surface area contributed by atoms with Gasteiger partial charge in [0.1, 0.15) is 6.54 Å². The Labute approximate surface area is 166 Å². The van der Waals surface area contributed by atoms with Crippen LogP contribution in [-0.2, 0) is 19.2 Å². The number of imide groups is 1. The van der Waals surface area contributed by atoms with Crippen molar-refractivity contribution in [3.05, 3.63) is 28.7 Å². The zero-order valence-electron chi connectivity index (χ0n) is 14.9. The molecule has 8 heteroatoms. The third kappa shape index (κ3) is 4.37. The molecule has 1 spiro atoms. The van der Waals surface area contributed by atoms with Crippen molar-refractivity contribution < 1.29 is 19.2 Å². The van der Waals surface area contributed by atoms with E-state index in [2.05, 4.69) is 26.6 Å². The number of rotatable bonds is 5. The average molecular weight is 436 g/mol. The van der Waals surface area contributed by atoms with Gasteiger partial charge in [0.15, 0.2) is 0 Å². The highest BCUT2D eigenvalue weighted by molar-refractivity contribution is 9.10. The first-order valence-electron chi connectivity index (χ1n) is 9.07. The fraction of sp³-hybridized carbons (Fsp3) is 0.474. The van der Waals surface area contributed by atoms with E-state index >= 15 is 0 Å². The van der Waals surface area contributed by atoms with E-state index in [0.717, 1.165) is 28.6 Å². The number of anilines is 1. The topological polar surface area (TPSA) is 95.6 Å². The normalized spacial score (nSPS) is 18.6.